The van der Waals surface area contributed by atoms with Crippen molar-refractivity contribution in [1.29, 1.82) is 0 Å². The van der Waals surface area contributed by atoms with Crippen LogP contribution >= 0.6 is 0 Å². The van der Waals surface area contributed by atoms with E-state index in [0.717, 1.165) is 13.2 Å². The number of hydrogen-bond acceptors (Lipinski definition) is 4. The van der Waals surface area contributed by atoms with Gasteiger partial charge in [-0.25, -0.2) is 4.79 Å². The molecular formula is C14H13F3N2O4. The number of nitrogens with zero attached hydrogens (tertiary/aromatic N) is 2. The van der Waals surface area contributed by atoms with Crippen LogP contribution in [0, 0.1) is 0 Å². The molecule has 1 aromatic carbocycles. The van der Waals surface area contributed by atoms with E-state index in [1.54, 1.807) is 0 Å². The Bertz CT molecular complexity index is 753. The maximum absolute atomic E-state index is 13.2. The number of halogens is 3. The van der Waals surface area contributed by atoms with Crippen LogP contribution < -0.4 is 9.47 Å². The van der Waals surface area contributed by atoms with Crippen molar-refractivity contribution in [3.63, 3.8) is 0 Å². The third-order valence-corrected chi connectivity index (χ3v) is 3.18. The number of hydrogen-bond donors (Lipinski definition) is 1. The molecule has 0 radical (unpaired) electrons. The predicted molar refractivity (Wildman–Crippen MR) is 73.7 cm³/mol. The summed E-state index contributed by atoms with van der Waals surface area (Å²) >= 11 is 0. The summed E-state index contributed by atoms with van der Waals surface area (Å²) in [5, 5.41) is 12.7. The Kier molecular flexibility index (Phi) is 4.22. The molecular weight excluding hydrogens is 317 g/mol. The molecule has 0 aliphatic rings. The lowest BCUT2D eigenvalue weighted by atomic mass is 10.0. The van der Waals surface area contributed by atoms with Gasteiger partial charge in [-0.1, -0.05) is 0 Å². The van der Waals surface area contributed by atoms with Gasteiger partial charge >= 0.3 is 12.1 Å². The van der Waals surface area contributed by atoms with Crippen LogP contribution in [0.2, 0.25) is 0 Å². The topological polar surface area (TPSA) is 73.6 Å². The number of benzene rings is 1. The molecule has 1 heterocycles. The lowest BCUT2D eigenvalue weighted by Crippen LogP contribution is -2.09. The van der Waals surface area contributed by atoms with E-state index in [9.17, 15) is 18.0 Å². The Balaban J connectivity index is 2.71. The summed E-state index contributed by atoms with van der Waals surface area (Å²) in [6, 6.07) is 3.38. The summed E-state index contributed by atoms with van der Waals surface area (Å²) in [6.45, 7) is 0. The van der Waals surface area contributed by atoms with E-state index in [4.69, 9.17) is 14.6 Å². The third kappa shape index (κ3) is 3.08. The van der Waals surface area contributed by atoms with Crippen LogP contribution in [-0.4, -0.2) is 35.1 Å². The first kappa shape index (κ1) is 16.7. The molecule has 0 bridgehead atoms. The van der Waals surface area contributed by atoms with Crippen LogP contribution in [0.15, 0.2) is 18.2 Å². The minimum absolute atomic E-state index is 0.109. The molecule has 0 fully saturated rings. The SMILES string of the molecule is COc1cc(-c2cc(C(=O)O)nn2C)cc(C(F)(F)F)c1OC. The Hall–Kier alpha value is -2.71. The van der Waals surface area contributed by atoms with E-state index in [2.05, 4.69) is 5.10 Å². The second-order valence-corrected chi connectivity index (χ2v) is 4.60. The highest BCUT2D eigenvalue weighted by molar-refractivity contribution is 5.87. The molecule has 0 spiro atoms. The maximum Gasteiger partial charge on any atom is 0.420 e. The van der Waals surface area contributed by atoms with Crippen LogP contribution in [0.25, 0.3) is 11.3 Å². The van der Waals surface area contributed by atoms with Crippen LogP contribution in [0.1, 0.15) is 16.1 Å². The van der Waals surface area contributed by atoms with Gasteiger partial charge in [-0.2, -0.15) is 18.3 Å². The van der Waals surface area contributed by atoms with Crippen molar-refractivity contribution in [3.8, 4) is 22.8 Å². The van der Waals surface area contributed by atoms with Crippen molar-refractivity contribution >= 4 is 5.97 Å². The van der Waals surface area contributed by atoms with Crippen LogP contribution in [0.5, 0.6) is 11.5 Å². The molecule has 0 saturated carbocycles. The van der Waals surface area contributed by atoms with Crippen LogP contribution in [0.3, 0.4) is 0 Å². The fourth-order valence-corrected chi connectivity index (χ4v) is 2.16. The summed E-state index contributed by atoms with van der Waals surface area (Å²) in [6.07, 6.45) is -4.66. The van der Waals surface area contributed by atoms with Gasteiger partial charge in [-0.3, -0.25) is 4.68 Å². The average Bonchev–Trinajstić information content (AvgIpc) is 2.87. The second kappa shape index (κ2) is 5.82. The van der Waals surface area contributed by atoms with E-state index in [-0.39, 0.29) is 22.7 Å². The van der Waals surface area contributed by atoms with Crippen molar-refractivity contribution in [3.05, 3.63) is 29.5 Å². The number of carbonyl (C=O) groups is 1. The molecule has 124 valence electrons. The molecule has 2 rings (SSSR count). The van der Waals surface area contributed by atoms with E-state index >= 15 is 0 Å². The standard InChI is InChI=1S/C14H13F3N2O4/c1-19-10(6-9(18-19)13(20)21)7-4-8(14(15,16)17)12(23-3)11(5-7)22-2/h4-6H,1-3H3,(H,20,21). The molecule has 0 unspecified atom stereocenters. The fourth-order valence-electron chi connectivity index (χ4n) is 2.16. The number of alkyl halides is 3. The second-order valence-electron chi connectivity index (χ2n) is 4.60. The summed E-state index contributed by atoms with van der Waals surface area (Å²) < 4.78 is 50.6. The summed E-state index contributed by atoms with van der Waals surface area (Å²) in [5.74, 6) is -1.83. The van der Waals surface area contributed by atoms with Gasteiger partial charge in [0.1, 0.15) is 5.56 Å². The number of aromatic nitrogens is 2. The molecule has 0 aliphatic heterocycles. The van der Waals surface area contributed by atoms with Gasteiger partial charge in [0.05, 0.1) is 19.9 Å². The van der Waals surface area contributed by atoms with Gasteiger partial charge in [0.25, 0.3) is 0 Å². The Morgan fingerprint density at radius 1 is 1.22 bits per heavy atom. The number of aryl methyl sites for hydroxylation is 1. The molecule has 9 heteroatoms. The van der Waals surface area contributed by atoms with Crippen LogP contribution in [0.4, 0.5) is 13.2 Å². The summed E-state index contributed by atoms with van der Waals surface area (Å²) in [4.78, 5) is 10.9. The number of carboxylic acids is 1. The number of methoxy groups -OCH3 is 2. The highest BCUT2D eigenvalue weighted by atomic mass is 19.4. The van der Waals surface area contributed by atoms with Crippen molar-refractivity contribution in [2.75, 3.05) is 14.2 Å². The lowest BCUT2D eigenvalue weighted by molar-refractivity contribution is -0.138. The van der Waals surface area contributed by atoms with Gasteiger partial charge in [-0.05, 0) is 18.2 Å². The molecule has 6 nitrogen and oxygen atoms in total. The quantitative estimate of drug-likeness (QED) is 0.933. The minimum Gasteiger partial charge on any atom is -0.493 e. The normalized spacial score (nSPS) is 11.4. The zero-order valence-corrected chi connectivity index (χ0v) is 12.4. The van der Waals surface area contributed by atoms with Crippen molar-refractivity contribution in [2.45, 2.75) is 6.18 Å². The van der Waals surface area contributed by atoms with Gasteiger partial charge in [0.2, 0.25) is 0 Å². The average molecular weight is 330 g/mol. The zero-order valence-electron chi connectivity index (χ0n) is 12.4. The van der Waals surface area contributed by atoms with Crippen molar-refractivity contribution in [1.82, 2.24) is 9.78 Å². The number of aromatic carboxylic acids is 1. The Labute approximate surface area is 129 Å². The first-order valence-corrected chi connectivity index (χ1v) is 6.30. The molecule has 23 heavy (non-hydrogen) atoms. The molecule has 0 saturated heterocycles. The predicted octanol–water partition coefficient (Wildman–Crippen LogP) is 2.82. The fraction of sp³-hybridized carbons (Fsp3) is 0.286. The smallest absolute Gasteiger partial charge is 0.420 e. The molecule has 0 atom stereocenters. The monoisotopic (exact) mass is 330 g/mol. The van der Waals surface area contributed by atoms with E-state index in [1.165, 1.54) is 31.0 Å². The van der Waals surface area contributed by atoms with E-state index in [0.29, 0.717) is 0 Å². The molecule has 0 amide bonds. The van der Waals surface area contributed by atoms with Gasteiger partial charge in [0, 0.05) is 12.6 Å². The van der Waals surface area contributed by atoms with Crippen molar-refractivity contribution in [2.24, 2.45) is 7.05 Å². The largest absolute Gasteiger partial charge is 0.493 e. The van der Waals surface area contributed by atoms with Gasteiger partial charge in [0.15, 0.2) is 17.2 Å². The van der Waals surface area contributed by atoms with E-state index in [1.807, 2.05) is 0 Å². The number of carboxylic acid groups (broad SMARTS) is 1. The summed E-state index contributed by atoms with van der Waals surface area (Å²) in [5.41, 5.74) is -0.982. The van der Waals surface area contributed by atoms with Crippen LogP contribution in [-0.2, 0) is 13.2 Å². The zero-order chi connectivity index (χ0) is 17.4. The highest BCUT2D eigenvalue weighted by Gasteiger charge is 2.36. The molecule has 2 aromatic rings. The van der Waals surface area contributed by atoms with Crippen molar-refractivity contribution < 1.29 is 32.5 Å². The van der Waals surface area contributed by atoms with E-state index < -0.39 is 23.5 Å². The maximum atomic E-state index is 13.2. The third-order valence-electron chi connectivity index (χ3n) is 3.18. The first-order chi connectivity index (χ1) is 10.7. The number of ether oxygens (including phenoxy) is 2. The first-order valence-electron chi connectivity index (χ1n) is 6.30. The lowest BCUT2D eigenvalue weighted by Gasteiger charge is -2.17. The highest BCUT2D eigenvalue weighted by Crippen LogP contribution is 2.44. The minimum atomic E-state index is -4.66. The Morgan fingerprint density at radius 2 is 1.87 bits per heavy atom. The van der Waals surface area contributed by atoms with Gasteiger partial charge in [-0.15, -0.1) is 0 Å². The molecule has 1 aromatic heterocycles. The molecule has 0 aliphatic carbocycles. The number of rotatable bonds is 4. The summed E-state index contributed by atoms with van der Waals surface area (Å²) in [7, 11) is 3.76. The molecule has 1 N–H and O–H groups in total. The Morgan fingerprint density at radius 3 is 2.30 bits per heavy atom. The van der Waals surface area contributed by atoms with Gasteiger partial charge < -0.3 is 14.6 Å².